The zero-order valence-corrected chi connectivity index (χ0v) is 32.5. The van der Waals surface area contributed by atoms with Gasteiger partial charge in [-0.25, -0.2) is 4.79 Å². The van der Waals surface area contributed by atoms with Gasteiger partial charge in [-0.3, -0.25) is 9.59 Å². The molecule has 296 valence electrons. The van der Waals surface area contributed by atoms with Gasteiger partial charge in [-0.05, 0) is 86.0 Å². The summed E-state index contributed by atoms with van der Waals surface area (Å²) < 4.78 is 14.5. The van der Waals surface area contributed by atoms with Crippen molar-refractivity contribution in [3.8, 4) is 11.5 Å². The van der Waals surface area contributed by atoms with E-state index < -0.39 is 6.16 Å². The fourth-order valence-electron chi connectivity index (χ4n) is 7.89. The number of hydrogen-bond acceptors (Lipinski definition) is 8. The average Bonchev–Trinajstić information content (AvgIpc) is 3.25. The van der Waals surface area contributed by atoms with E-state index in [1.54, 1.807) is 24.3 Å². The Hall–Kier alpha value is -4.67. The van der Waals surface area contributed by atoms with E-state index in [2.05, 4.69) is 81.1 Å². The number of fused-ring (bicyclic) bond motifs is 2. The molecule has 7 rings (SSSR count). The Morgan fingerprint density at radius 1 is 0.691 bits per heavy atom. The number of amides is 2. The summed E-state index contributed by atoms with van der Waals surface area (Å²) in [5.74, 6) is 2.02. The third-order valence-electron chi connectivity index (χ3n) is 10.9. The van der Waals surface area contributed by atoms with Crippen LogP contribution in [0.2, 0.25) is 0 Å². The normalized spacial score (nSPS) is 19.3. The molecule has 0 saturated heterocycles. The smallest absolute Gasteiger partial charge is 0.497 e. The van der Waals surface area contributed by atoms with Gasteiger partial charge in [0, 0.05) is 43.1 Å². The van der Waals surface area contributed by atoms with Gasteiger partial charge in [0.05, 0.1) is 7.11 Å². The van der Waals surface area contributed by atoms with Crippen LogP contribution < -0.4 is 30.7 Å². The first-order valence-corrected chi connectivity index (χ1v) is 20.2. The number of benzene rings is 3. The molecule has 1 unspecified atom stereocenters. The fourth-order valence-corrected chi connectivity index (χ4v) is 7.89. The van der Waals surface area contributed by atoms with Gasteiger partial charge >= 0.3 is 6.16 Å². The highest BCUT2D eigenvalue weighted by Crippen LogP contribution is 2.27. The maximum atomic E-state index is 12.2. The quantitative estimate of drug-likeness (QED) is 0.0952. The van der Waals surface area contributed by atoms with Gasteiger partial charge in [-0.15, -0.1) is 0 Å². The van der Waals surface area contributed by atoms with Gasteiger partial charge in [0.25, 0.3) is 0 Å². The maximum Gasteiger partial charge on any atom is 0.514 e. The highest BCUT2D eigenvalue weighted by atomic mass is 16.7. The summed E-state index contributed by atoms with van der Waals surface area (Å²) in [6, 6.07) is 24.4. The lowest BCUT2D eigenvalue weighted by Crippen LogP contribution is -2.41. The van der Waals surface area contributed by atoms with Crippen molar-refractivity contribution in [1.29, 1.82) is 0 Å². The van der Waals surface area contributed by atoms with Gasteiger partial charge in [-0.1, -0.05) is 106 Å². The standard InChI is InChI=1S/2C17H24N2O.C11H12O4/c2*20-17(14-7-2-1-3-8-14)19-12-16-15-9-5-4-6-13(15)10-11-18-16;1-3-7-14-11(12)15-10-6-4-5-9(8-10)13-2/h2*4-6,9,14,16,18H,1-3,7-8,10-12H2,(H,19,20);3-6,8H,1,7H2,2H3/t16-;;/m0../s1. The Morgan fingerprint density at radius 2 is 1.18 bits per heavy atom. The van der Waals surface area contributed by atoms with E-state index in [0.29, 0.717) is 24.6 Å². The third kappa shape index (κ3) is 13.2. The van der Waals surface area contributed by atoms with E-state index in [-0.39, 0.29) is 42.3 Å². The highest BCUT2D eigenvalue weighted by molar-refractivity contribution is 5.79. The lowest BCUT2D eigenvalue weighted by Gasteiger charge is -2.28. The first-order chi connectivity index (χ1) is 26.9. The number of ether oxygens (including phenoxy) is 3. The van der Waals surface area contributed by atoms with Crippen molar-refractivity contribution in [2.24, 2.45) is 11.8 Å². The lowest BCUT2D eigenvalue weighted by molar-refractivity contribution is -0.126. The van der Waals surface area contributed by atoms with Crippen molar-refractivity contribution in [1.82, 2.24) is 21.3 Å². The Kier molecular flexibility index (Phi) is 17.1. The molecule has 55 heavy (non-hydrogen) atoms. The molecule has 10 heteroatoms. The van der Waals surface area contributed by atoms with Crippen molar-refractivity contribution in [2.45, 2.75) is 89.1 Å². The van der Waals surface area contributed by atoms with Crippen LogP contribution in [-0.4, -0.2) is 57.9 Å². The minimum Gasteiger partial charge on any atom is -0.497 e. The molecule has 2 atom stereocenters. The van der Waals surface area contributed by atoms with Crippen LogP contribution in [0.25, 0.3) is 0 Å². The molecule has 0 spiro atoms. The van der Waals surface area contributed by atoms with E-state index >= 15 is 0 Å². The Morgan fingerprint density at radius 3 is 1.67 bits per heavy atom. The second kappa shape index (κ2) is 22.6. The minimum atomic E-state index is -0.761. The third-order valence-corrected chi connectivity index (χ3v) is 10.9. The molecule has 4 N–H and O–H groups in total. The summed E-state index contributed by atoms with van der Waals surface area (Å²) in [5, 5.41) is 13.4. The summed E-state index contributed by atoms with van der Waals surface area (Å²) in [6.07, 6.45) is 14.6. The van der Waals surface area contributed by atoms with Crippen LogP contribution in [0.5, 0.6) is 11.5 Å². The Bertz CT molecular complexity index is 1580. The van der Waals surface area contributed by atoms with Crippen molar-refractivity contribution < 1.29 is 28.6 Å². The van der Waals surface area contributed by atoms with Crippen molar-refractivity contribution in [3.63, 3.8) is 0 Å². The summed E-state index contributed by atoms with van der Waals surface area (Å²) in [7, 11) is 1.54. The summed E-state index contributed by atoms with van der Waals surface area (Å²) in [5.41, 5.74) is 5.54. The van der Waals surface area contributed by atoms with Gasteiger partial charge in [0.1, 0.15) is 18.1 Å². The van der Waals surface area contributed by atoms with Crippen LogP contribution in [0.15, 0.2) is 85.5 Å². The van der Waals surface area contributed by atoms with Crippen LogP contribution in [-0.2, 0) is 27.2 Å². The number of carbonyl (C=O) groups excluding carboxylic acids is 3. The summed E-state index contributed by atoms with van der Waals surface area (Å²) in [6.45, 7) is 6.97. The summed E-state index contributed by atoms with van der Waals surface area (Å²) >= 11 is 0. The molecule has 3 aromatic rings. The predicted octanol–water partition coefficient (Wildman–Crippen LogP) is 7.54. The molecule has 3 aromatic carbocycles. The zero-order valence-electron chi connectivity index (χ0n) is 32.5. The molecular weight excluding hydrogens is 693 g/mol. The zero-order chi connectivity index (χ0) is 38.7. The Labute approximate surface area is 327 Å². The van der Waals surface area contributed by atoms with E-state index in [1.165, 1.54) is 74.0 Å². The predicted molar refractivity (Wildman–Crippen MR) is 216 cm³/mol. The largest absolute Gasteiger partial charge is 0.514 e. The fraction of sp³-hybridized carbons (Fsp3) is 0.489. The number of carbonyl (C=O) groups is 3. The van der Waals surface area contributed by atoms with Crippen LogP contribution >= 0.6 is 0 Å². The van der Waals surface area contributed by atoms with E-state index in [0.717, 1.165) is 51.6 Å². The molecule has 2 aliphatic heterocycles. The van der Waals surface area contributed by atoms with Crippen LogP contribution in [0.4, 0.5) is 4.79 Å². The molecule has 0 radical (unpaired) electrons. The van der Waals surface area contributed by atoms with Crippen LogP contribution in [0, 0.1) is 11.8 Å². The van der Waals surface area contributed by atoms with Crippen molar-refractivity contribution >= 4 is 18.0 Å². The second-order valence-corrected chi connectivity index (χ2v) is 14.7. The molecule has 2 fully saturated rings. The van der Waals surface area contributed by atoms with Gasteiger partial charge in [-0.2, -0.15) is 0 Å². The highest BCUT2D eigenvalue weighted by Gasteiger charge is 2.25. The molecule has 2 amide bonds. The van der Waals surface area contributed by atoms with Crippen molar-refractivity contribution in [3.05, 3.63) is 108 Å². The molecule has 0 bridgehead atoms. The lowest BCUT2D eigenvalue weighted by atomic mass is 9.88. The average molecular weight is 753 g/mol. The molecular formula is C45H60N4O6. The number of hydrogen-bond donors (Lipinski definition) is 4. The monoisotopic (exact) mass is 752 g/mol. The van der Waals surface area contributed by atoms with E-state index in [4.69, 9.17) is 9.47 Å². The first-order valence-electron chi connectivity index (χ1n) is 20.2. The van der Waals surface area contributed by atoms with Crippen molar-refractivity contribution in [2.75, 3.05) is 39.9 Å². The van der Waals surface area contributed by atoms with Crippen LogP contribution in [0.1, 0.15) is 98.5 Å². The second-order valence-electron chi connectivity index (χ2n) is 14.7. The molecule has 2 aliphatic carbocycles. The van der Waals surface area contributed by atoms with E-state index in [9.17, 15) is 14.4 Å². The molecule has 2 heterocycles. The van der Waals surface area contributed by atoms with Gasteiger partial charge < -0.3 is 35.5 Å². The molecule has 4 aliphatic rings. The Balaban J connectivity index is 0.000000160. The first kappa shape index (κ1) is 41.5. The van der Waals surface area contributed by atoms with Crippen LogP contribution in [0.3, 0.4) is 0 Å². The molecule has 2 saturated carbocycles. The molecule has 0 aromatic heterocycles. The van der Waals surface area contributed by atoms with Gasteiger partial charge in [0.2, 0.25) is 11.8 Å². The minimum absolute atomic E-state index is 0.128. The van der Waals surface area contributed by atoms with Gasteiger partial charge in [0.15, 0.2) is 0 Å². The number of rotatable bonds is 10. The van der Waals surface area contributed by atoms with E-state index in [1.807, 2.05) is 0 Å². The topological polar surface area (TPSA) is 127 Å². The summed E-state index contributed by atoms with van der Waals surface area (Å²) in [4.78, 5) is 35.5. The molecule has 10 nitrogen and oxygen atoms in total. The number of methoxy groups -OCH3 is 1. The number of nitrogens with one attached hydrogen (secondary N) is 4. The maximum absolute atomic E-state index is 12.2. The SMILES string of the molecule is C=CCOC(=O)Oc1cccc(OC)c1.O=C(NCC1NCCc2ccccc21)C1CCCCC1.O=C(NC[C@@H]1NCCc2ccccc21)C1CCCCC1.